The maximum Gasteiger partial charge on any atom is 0.00204 e. The van der Waals surface area contributed by atoms with Crippen molar-refractivity contribution in [3.8, 4) is 0 Å². The number of hydrogen-bond donors (Lipinski definition) is 1. The first-order chi connectivity index (χ1) is 6.56. The lowest BCUT2D eigenvalue weighted by molar-refractivity contribution is 0.0565. The van der Waals surface area contributed by atoms with Crippen molar-refractivity contribution in [1.29, 1.82) is 0 Å². The highest BCUT2D eigenvalue weighted by atomic mass is 15.0. The molecule has 1 aliphatic heterocycles. The normalized spacial score (nSPS) is 36.9. The van der Waals surface area contributed by atoms with Crippen molar-refractivity contribution >= 4 is 0 Å². The van der Waals surface area contributed by atoms with Gasteiger partial charge in [0.25, 0.3) is 0 Å². The molecule has 1 aliphatic carbocycles. The Morgan fingerprint density at radius 3 is 2.21 bits per heavy atom. The minimum Gasteiger partial charge on any atom is -0.316 e. The van der Waals surface area contributed by atoms with Crippen molar-refractivity contribution in [3.05, 3.63) is 0 Å². The highest BCUT2D eigenvalue weighted by molar-refractivity contribution is 4.99. The van der Waals surface area contributed by atoms with Gasteiger partial charge in [0, 0.05) is 13.1 Å². The summed E-state index contributed by atoms with van der Waals surface area (Å²) in [6.45, 7) is 9.91. The first-order valence-electron chi connectivity index (χ1n) is 6.27. The van der Waals surface area contributed by atoms with E-state index < -0.39 is 0 Å². The van der Waals surface area contributed by atoms with Crippen LogP contribution >= 0.6 is 0 Å². The second kappa shape index (κ2) is 3.52. The highest BCUT2D eigenvalue weighted by Gasteiger charge is 2.45. The van der Waals surface area contributed by atoms with Crippen LogP contribution in [0.25, 0.3) is 0 Å². The van der Waals surface area contributed by atoms with Crippen molar-refractivity contribution in [1.82, 2.24) is 5.32 Å². The van der Waals surface area contributed by atoms with Crippen LogP contribution in [-0.4, -0.2) is 13.1 Å². The lowest BCUT2D eigenvalue weighted by Gasteiger charge is -2.48. The molecule has 1 N–H and O–H groups in total. The second-order valence-corrected chi connectivity index (χ2v) is 6.30. The molecule has 1 nitrogen and oxygen atoms in total. The van der Waals surface area contributed by atoms with Crippen LogP contribution in [0.3, 0.4) is 0 Å². The maximum absolute atomic E-state index is 3.48. The standard InChI is InChI=1S/C13H25N/c1-11(2)12(3)6-4-5-7-13(8-12)9-14-10-13/h11,14H,4-10H2,1-3H3. The van der Waals surface area contributed by atoms with Crippen LogP contribution in [0.1, 0.15) is 52.9 Å². The number of hydrogen-bond acceptors (Lipinski definition) is 1. The molecule has 0 amide bonds. The Kier molecular flexibility index (Phi) is 2.63. The Morgan fingerprint density at radius 1 is 1.07 bits per heavy atom. The molecular formula is C13H25N. The van der Waals surface area contributed by atoms with E-state index in [9.17, 15) is 0 Å². The summed E-state index contributed by atoms with van der Waals surface area (Å²) in [7, 11) is 0. The molecule has 1 heteroatoms. The van der Waals surface area contributed by atoms with Gasteiger partial charge in [-0.05, 0) is 36.0 Å². The summed E-state index contributed by atoms with van der Waals surface area (Å²) < 4.78 is 0. The molecule has 0 aromatic heterocycles. The largest absolute Gasteiger partial charge is 0.316 e. The van der Waals surface area contributed by atoms with Gasteiger partial charge >= 0.3 is 0 Å². The van der Waals surface area contributed by atoms with Gasteiger partial charge in [0.15, 0.2) is 0 Å². The van der Waals surface area contributed by atoms with Gasteiger partial charge in [0.05, 0.1) is 0 Å². The highest BCUT2D eigenvalue weighted by Crippen LogP contribution is 2.49. The number of nitrogens with one attached hydrogen (secondary N) is 1. The van der Waals surface area contributed by atoms with Crippen LogP contribution in [0.4, 0.5) is 0 Å². The van der Waals surface area contributed by atoms with E-state index in [1.807, 2.05) is 0 Å². The van der Waals surface area contributed by atoms with Crippen molar-refractivity contribution in [2.75, 3.05) is 13.1 Å². The van der Waals surface area contributed by atoms with Gasteiger partial charge in [-0.1, -0.05) is 33.6 Å². The van der Waals surface area contributed by atoms with Crippen LogP contribution in [0, 0.1) is 16.7 Å². The summed E-state index contributed by atoms with van der Waals surface area (Å²) in [4.78, 5) is 0. The predicted molar refractivity (Wildman–Crippen MR) is 61.3 cm³/mol. The van der Waals surface area contributed by atoms with Gasteiger partial charge in [-0.25, -0.2) is 0 Å². The molecule has 1 saturated heterocycles. The maximum atomic E-state index is 3.48. The molecule has 1 heterocycles. The Balaban J connectivity index is 2.11. The average Bonchev–Trinajstić information content (AvgIpc) is 2.24. The Bertz CT molecular complexity index is 205. The predicted octanol–water partition coefficient (Wildman–Crippen LogP) is 3.20. The van der Waals surface area contributed by atoms with Crippen molar-refractivity contribution < 1.29 is 0 Å². The lowest BCUT2D eigenvalue weighted by atomic mass is 9.63. The van der Waals surface area contributed by atoms with E-state index in [-0.39, 0.29) is 0 Å². The van der Waals surface area contributed by atoms with E-state index in [2.05, 4.69) is 26.1 Å². The minimum atomic E-state index is 0.610. The molecular weight excluding hydrogens is 170 g/mol. The third kappa shape index (κ3) is 1.71. The average molecular weight is 195 g/mol. The van der Waals surface area contributed by atoms with Crippen LogP contribution < -0.4 is 5.32 Å². The van der Waals surface area contributed by atoms with Gasteiger partial charge in [-0.15, -0.1) is 0 Å². The van der Waals surface area contributed by atoms with Crippen LogP contribution in [0.15, 0.2) is 0 Å². The Labute approximate surface area is 88.7 Å². The molecule has 0 aromatic rings. The van der Waals surface area contributed by atoms with E-state index in [1.54, 1.807) is 0 Å². The minimum absolute atomic E-state index is 0.610. The fourth-order valence-corrected chi connectivity index (χ4v) is 3.34. The van der Waals surface area contributed by atoms with E-state index in [0.717, 1.165) is 5.92 Å². The Morgan fingerprint density at radius 2 is 1.71 bits per heavy atom. The molecule has 1 atom stereocenters. The van der Waals surface area contributed by atoms with Crippen LogP contribution in [-0.2, 0) is 0 Å². The molecule has 82 valence electrons. The topological polar surface area (TPSA) is 12.0 Å². The SMILES string of the molecule is CC(C)C1(C)CCCCC2(CNC2)C1. The fourth-order valence-electron chi connectivity index (χ4n) is 3.34. The molecule has 0 bridgehead atoms. The summed E-state index contributed by atoms with van der Waals surface area (Å²) in [6.07, 6.45) is 7.31. The van der Waals surface area contributed by atoms with Crippen molar-refractivity contribution in [3.63, 3.8) is 0 Å². The van der Waals surface area contributed by atoms with E-state index in [1.165, 1.54) is 45.2 Å². The molecule has 1 spiro atoms. The lowest BCUT2D eigenvalue weighted by Crippen LogP contribution is -2.55. The summed E-state index contributed by atoms with van der Waals surface area (Å²) in [5, 5.41) is 3.48. The van der Waals surface area contributed by atoms with Crippen LogP contribution in [0.2, 0.25) is 0 Å². The molecule has 1 saturated carbocycles. The first-order valence-corrected chi connectivity index (χ1v) is 6.27. The van der Waals surface area contributed by atoms with E-state index >= 15 is 0 Å². The molecule has 2 fully saturated rings. The smallest absolute Gasteiger partial charge is 0.00204 e. The van der Waals surface area contributed by atoms with Gasteiger partial charge < -0.3 is 5.32 Å². The zero-order chi connectivity index (χ0) is 10.2. The zero-order valence-electron chi connectivity index (χ0n) is 10.0. The first kappa shape index (κ1) is 10.5. The molecule has 2 aliphatic rings. The Hall–Kier alpha value is -0.0400. The molecule has 0 radical (unpaired) electrons. The quantitative estimate of drug-likeness (QED) is 0.677. The summed E-state index contributed by atoms with van der Waals surface area (Å²) in [5.41, 5.74) is 1.30. The summed E-state index contributed by atoms with van der Waals surface area (Å²) in [5.74, 6) is 0.845. The van der Waals surface area contributed by atoms with E-state index in [0.29, 0.717) is 10.8 Å². The van der Waals surface area contributed by atoms with Crippen molar-refractivity contribution in [2.45, 2.75) is 52.9 Å². The monoisotopic (exact) mass is 195 g/mol. The fraction of sp³-hybridized carbons (Fsp3) is 1.00. The van der Waals surface area contributed by atoms with Gasteiger partial charge in [-0.3, -0.25) is 0 Å². The third-order valence-corrected chi connectivity index (χ3v) is 4.88. The van der Waals surface area contributed by atoms with Gasteiger partial charge in [0.1, 0.15) is 0 Å². The van der Waals surface area contributed by atoms with Crippen molar-refractivity contribution in [2.24, 2.45) is 16.7 Å². The second-order valence-electron chi connectivity index (χ2n) is 6.30. The summed E-state index contributed by atoms with van der Waals surface area (Å²) in [6, 6.07) is 0. The van der Waals surface area contributed by atoms with Crippen LogP contribution in [0.5, 0.6) is 0 Å². The van der Waals surface area contributed by atoms with E-state index in [4.69, 9.17) is 0 Å². The molecule has 1 unspecified atom stereocenters. The third-order valence-electron chi connectivity index (χ3n) is 4.88. The number of rotatable bonds is 1. The summed E-state index contributed by atoms with van der Waals surface area (Å²) >= 11 is 0. The molecule has 2 rings (SSSR count). The molecule has 0 aromatic carbocycles. The van der Waals surface area contributed by atoms with Gasteiger partial charge in [-0.2, -0.15) is 0 Å². The zero-order valence-corrected chi connectivity index (χ0v) is 10.0. The van der Waals surface area contributed by atoms with Gasteiger partial charge in [0.2, 0.25) is 0 Å². The molecule has 14 heavy (non-hydrogen) atoms.